The lowest BCUT2D eigenvalue weighted by Gasteiger charge is -2.07. The van der Waals surface area contributed by atoms with Crippen LogP contribution in [0.3, 0.4) is 0 Å². The van der Waals surface area contributed by atoms with Gasteiger partial charge in [0.25, 0.3) is 0 Å². The largest absolute Gasteiger partial charge is 0.464 e. The summed E-state index contributed by atoms with van der Waals surface area (Å²) < 4.78 is 6.45. The number of methoxy groups -OCH3 is 1. The molecule has 0 spiro atoms. The lowest BCUT2D eigenvalue weighted by Crippen LogP contribution is -2.14. The van der Waals surface area contributed by atoms with Gasteiger partial charge in [-0.2, -0.15) is 0 Å². The van der Waals surface area contributed by atoms with Crippen molar-refractivity contribution in [3.05, 3.63) is 11.4 Å². The molecule has 6 heteroatoms. The van der Waals surface area contributed by atoms with Gasteiger partial charge in [0, 0.05) is 13.0 Å². The molecule has 0 fully saturated rings. The molecule has 0 saturated carbocycles. The standard InChI is InChI=1S/C12H22N4O2/c1-9(2)5-4-8-16-10(6-7-13)11(14-15-16)12(17)18-3/h9H,4-8,13H2,1-3H3. The van der Waals surface area contributed by atoms with Gasteiger partial charge in [0.05, 0.1) is 12.8 Å². The topological polar surface area (TPSA) is 83.0 Å². The summed E-state index contributed by atoms with van der Waals surface area (Å²) in [4.78, 5) is 11.5. The Morgan fingerprint density at radius 1 is 1.50 bits per heavy atom. The van der Waals surface area contributed by atoms with E-state index in [1.54, 1.807) is 4.68 Å². The van der Waals surface area contributed by atoms with E-state index in [2.05, 4.69) is 28.9 Å². The van der Waals surface area contributed by atoms with Crippen molar-refractivity contribution in [1.82, 2.24) is 15.0 Å². The molecule has 1 aromatic rings. The van der Waals surface area contributed by atoms with Crippen LogP contribution in [0.1, 0.15) is 42.9 Å². The van der Waals surface area contributed by atoms with Gasteiger partial charge in [0.15, 0.2) is 5.69 Å². The molecule has 0 saturated heterocycles. The van der Waals surface area contributed by atoms with Crippen molar-refractivity contribution in [3.63, 3.8) is 0 Å². The quantitative estimate of drug-likeness (QED) is 0.734. The number of carbonyl (C=O) groups is 1. The summed E-state index contributed by atoms with van der Waals surface area (Å²) in [7, 11) is 1.34. The van der Waals surface area contributed by atoms with Gasteiger partial charge in [0.2, 0.25) is 0 Å². The molecule has 0 atom stereocenters. The minimum absolute atomic E-state index is 0.285. The van der Waals surface area contributed by atoms with Crippen LogP contribution >= 0.6 is 0 Å². The molecule has 0 aromatic carbocycles. The van der Waals surface area contributed by atoms with E-state index in [4.69, 9.17) is 5.73 Å². The van der Waals surface area contributed by atoms with Gasteiger partial charge in [-0.1, -0.05) is 19.1 Å². The molecule has 102 valence electrons. The predicted molar refractivity (Wildman–Crippen MR) is 68.2 cm³/mol. The highest BCUT2D eigenvalue weighted by Crippen LogP contribution is 2.11. The van der Waals surface area contributed by atoms with Crippen LogP contribution in [0.15, 0.2) is 0 Å². The third-order valence-corrected chi connectivity index (χ3v) is 2.75. The first kappa shape index (κ1) is 14.6. The number of ether oxygens (including phenoxy) is 1. The van der Waals surface area contributed by atoms with Crippen molar-refractivity contribution in [3.8, 4) is 0 Å². The molecule has 0 aliphatic carbocycles. The Morgan fingerprint density at radius 2 is 2.22 bits per heavy atom. The second kappa shape index (κ2) is 7.10. The Morgan fingerprint density at radius 3 is 2.78 bits per heavy atom. The fraction of sp³-hybridized carbons (Fsp3) is 0.750. The van der Waals surface area contributed by atoms with Crippen molar-refractivity contribution in [2.45, 2.75) is 39.7 Å². The molecule has 0 radical (unpaired) electrons. The van der Waals surface area contributed by atoms with Gasteiger partial charge >= 0.3 is 5.97 Å². The van der Waals surface area contributed by atoms with E-state index in [1.165, 1.54) is 7.11 Å². The highest BCUT2D eigenvalue weighted by atomic mass is 16.5. The first-order valence-electron chi connectivity index (χ1n) is 6.30. The first-order valence-corrected chi connectivity index (χ1v) is 6.30. The zero-order chi connectivity index (χ0) is 13.5. The smallest absolute Gasteiger partial charge is 0.360 e. The molecular formula is C12H22N4O2. The summed E-state index contributed by atoms with van der Waals surface area (Å²) in [5, 5.41) is 7.90. The van der Waals surface area contributed by atoms with Crippen molar-refractivity contribution in [2.75, 3.05) is 13.7 Å². The highest BCUT2D eigenvalue weighted by molar-refractivity contribution is 5.88. The van der Waals surface area contributed by atoms with E-state index >= 15 is 0 Å². The number of carbonyl (C=O) groups excluding carboxylic acids is 1. The second-order valence-corrected chi connectivity index (χ2v) is 4.67. The molecular weight excluding hydrogens is 232 g/mol. The van der Waals surface area contributed by atoms with Crippen molar-refractivity contribution in [1.29, 1.82) is 0 Å². The van der Waals surface area contributed by atoms with Crippen LogP contribution in [0.4, 0.5) is 0 Å². The maximum Gasteiger partial charge on any atom is 0.360 e. The number of aryl methyl sites for hydroxylation is 1. The summed E-state index contributed by atoms with van der Waals surface area (Å²) in [5.41, 5.74) is 6.61. The molecule has 0 bridgehead atoms. The zero-order valence-corrected chi connectivity index (χ0v) is 11.3. The van der Waals surface area contributed by atoms with Crippen molar-refractivity contribution < 1.29 is 9.53 Å². The summed E-state index contributed by atoms with van der Waals surface area (Å²) in [6.45, 7) is 5.59. The van der Waals surface area contributed by atoms with Gasteiger partial charge in [-0.05, 0) is 25.3 Å². The van der Waals surface area contributed by atoms with Gasteiger partial charge in [-0.25, -0.2) is 9.48 Å². The van der Waals surface area contributed by atoms with Gasteiger partial charge in [-0.15, -0.1) is 5.10 Å². The van der Waals surface area contributed by atoms with Crippen LogP contribution in [0.5, 0.6) is 0 Å². The third kappa shape index (κ3) is 3.80. The zero-order valence-electron chi connectivity index (χ0n) is 11.3. The predicted octanol–water partition coefficient (Wildman–Crippen LogP) is 1.00. The van der Waals surface area contributed by atoms with Crippen LogP contribution in [0.2, 0.25) is 0 Å². The number of esters is 1. The number of nitrogens with two attached hydrogens (primary N) is 1. The Balaban J connectivity index is 2.77. The normalized spacial score (nSPS) is 10.9. The van der Waals surface area contributed by atoms with Crippen LogP contribution in [-0.4, -0.2) is 34.6 Å². The second-order valence-electron chi connectivity index (χ2n) is 4.67. The molecule has 0 amide bonds. The fourth-order valence-electron chi connectivity index (χ4n) is 1.80. The Labute approximate surface area is 107 Å². The molecule has 1 aromatic heterocycles. The van der Waals surface area contributed by atoms with E-state index in [0.29, 0.717) is 18.9 Å². The molecule has 0 unspecified atom stereocenters. The molecule has 1 rings (SSSR count). The van der Waals surface area contributed by atoms with Crippen LogP contribution in [0.25, 0.3) is 0 Å². The van der Waals surface area contributed by atoms with Crippen LogP contribution in [0, 0.1) is 5.92 Å². The summed E-state index contributed by atoms with van der Waals surface area (Å²) in [6, 6.07) is 0. The summed E-state index contributed by atoms with van der Waals surface area (Å²) >= 11 is 0. The highest BCUT2D eigenvalue weighted by Gasteiger charge is 2.19. The molecule has 2 N–H and O–H groups in total. The van der Waals surface area contributed by atoms with Crippen molar-refractivity contribution in [2.24, 2.45) is 11.7 Å². The Kier molecular flexibility index (Phi) is 5.77. The Hall–Kier alpha value is -1.43. The molecule has 18 heavy (non-hydrogen) atoms. The third-order valence-electron chi connectivity index (χ3n) is 2.75. The number of hydrogen-bond acceptors (Lipinski definition) is 5. The lowest BCUT2D eigenvalue weighted by atomic mass is 10.1. The monoisotopic (exact) mass is 254 g/mol. The number of rotatable bonds is 7. The van der Waals surface area contributed by atoms with Gasteiger partial charge < -0.3 is 10.5 Å². The Bertz CT molecular complexity index is 387. The number of nitrogens with zero attached hydrogens (tertiary/aromatic N) is 3. The van der Waals surface area contributed by atoms with E-state index in [-0.39, 0.29) is 5.69 Å². The van der Waals surface area contributed by atoms with E-state index in [9.17, 15) is 4.79 Å². The maximum absolute atomic E-state index is 11.5. The van der Waals surface area contributed by atoms with Crippen molar-refractivity contribution >= 4 is 5.97 Å². The molecule has 1 heterocycles. The van der Waals surface area contributed by atoms with E-state index in [1.807, 2.05) is 0 Å². The van der Waals surface area contributed by atoms with E-state index in [0.717, 1.165) is 25.1 Å². The maximum atomic E-state index is 11.5. The average molecular weight is 254 g/mol. The van der Waals surface area contributed by atoms with Crippen LogP contribution < -0.4 is 5.73 Å². The van der Waals surface area contributed by atoms with E-state index < -0.39 is 5.97 Å². The fourth-order valence-corrected chi connectivity index (χ4v) is 1.80. The number of aromatic nitrogens is 3. The average Bonchev–Trinajstić information content (AvgIpc) is 2.72. The molecule has 6 nitrogen and oxygen atoms in total. The minimum Gasteiger partial charge on any atom is -0.464 e. The SMILES string of the molecule is COC(=O)c1nnn(CCCC(C)C)c1CCN. The van der Waals surface area contributed by atoms with Crippen LogP contribution in [-0.2, 0) is 17.7 Å². The van der Waals surface area contributed by atoms with Gasteiger partial charge in [-0.3, -0.25) is 0 Å². The van der Waals surface area contributed by atoms with Gasteiger partial charge in [0.1, 0.15) is 0 Å². The summed E-state index contributed by atoms with van der Waals surface area (Å²) in [6.07, 6.45) is 2.72. The summed E-state index contributed by atoms with van der Waals surface area (Å²) in [5.74, 6) is 0.208. The molecule has 0 aliphatic rings. The first-order chi connectivity index (χ1) is 8.60. The molecule has 0 aliphatic heterocycles. The lowest BCUT2D eigenvalue weighted by molar-refractivity contribution is 0.0592. The number of hydrogen-bond donors (Lipinski definition) is 1. The minimum atomic E-state index is -0.450.